The fraction of sp³-hybridized carbons (Fsp3) is 0.727. The molecule has 0 aliphatic carbocycles. The standard InChI is InChI=1S/C11H19N3O3/c1-6(2)5-8(12-7(3)15)11(4)9(16)13-10(17)14-11/h6,8H,5H2,1-4H3,(H,12,15)(H2,13,14,16,17)/t8-,11-/m1/s1. The lowest BCUT2D eigenvalue weighted by Crippen LogP contribution is -2.60. The first-order chi connectivity index (χ1) is 7.75. The summed E-state index contributed by atoms with van der Waals surface area (Å²) in [7, 11) is 0. The molecule has 0 aromatic carbocycles. The highest BCUT2D eigenvalue weighted by Gasteiger charge is 2.48. The van der Waals surface area contributed by atoms with Gasteiger partial charge in [-0.2, -0.15) is 0 Å². The van der Waals surface area contributed by atoms with E-state index in [0.29, 0.717) is 12.3 Å². The van der Waals surface area contributed by atoms with E-state index in [2.05, 4.69) is 16.0 Å². The molecule has 6 nitrogen and oxygen atoms in total. The molecule has 1 aliphatic heterocycles. The number of carbonyl (C=O) groups excluding carboxylic acids is 3. The number of urea groups is 1. The number of nitrogens with one attached hydrogen (secondary N) is 3. The van der Waals surface area contributed by atoms with Gasteiger partial charge in [0.1, 0.15) is 5.54 Å². The summed E-state index contributed by atoms with van der Waals surface area (Å²) in [5.74, 6) is -0.318. The average Bonchev–Trinajstić information content (AvgIpc) is 2.39. The van der Waals surface area contributed by atoms with Crippen molar-refractivity contribution in [1.82, 2.24) is 16.0 Å². The van der Waals surface area contributed by atoms with Crippen molar-refractivity contribution in [3.8, 4) is 0 Å². The van der Waals surface area contributed by atoms with Crippen LogP contribution in [0.3, 0.4) is 0 Å². The molecule has 2 atom stereocenters. The van der Waals surface area contributed by atoms with E-state index in [0.717, 1.165) is 0 Å². The van der Waals surface area contributed by atoms with E-state index in [4.69, 9.17) is 0 Å². The van der Waals surface area contributed by atoms with Gasteiger partial charge in [-0.3, -0.25) is 14.9 Å². The van der Waals surface area contributed by atoms with Gasteiger partial charge in [-0.15, -0.1) is 0 Å². The van der Waals surface area contributed by atoms with Crippen molar-refractivity contribution in [1.29, 1.82) is 0 Å². The van der Waals surface area contributed by atoms with Crippen LogP contribution in [0.4, 0.5) is 4.79 Å². The maximum atomic E-state index is 11.8. The molecule has 1 heterocycles. The molecule has 0 aromatic rings. The Morgan fingerprint density at radius 2 is 2.00 bits per heavy atom. The van der Waals surface area contributed by atoms with Crippen molar-refractivity contribution < 1.29 is 14.4 Å². The Balaban J connectivity index is 2.91. The molecule has 3 N–H and O–H groups in total. The monoisotopic (exact) mass is 241 g/mol. The van der Waals surface area contributed by atoms with Crippen molar-refractivity contribution in [3.05, 3.63) is 0 Å². The lowest BCUT2D eigenvalue weighted by molar-refractivity contribution is -0.126. The Hall–Kier alpha value is -1.59. The van der Waals surface area contributed by atoms with Gasteiger partial charge in [-0.25, -0.2) is 4.79 Å². The summed E-state index contributed by atoms with van der Waals surface area (Å²) < 4.78 is 0. The van der Waals surface area contributed by atoms with Gasteiger partial charge in [-0.1, -0.05) is 13.8 Å². The van der Waals surface area contributed by atoms with Gasteiger partial charge in [0.15, 0.2) is 0 Å². The third-order valence-electron chi connectivity index (χ3n) is 2.85. The summed E-state index contributed by atoms with van der Waals surface area (Å²) in [6, 6.07) is -0.928. The predicted molar refractivity (Wildman–Crippen MR) is 62.1 cm³/mol. The molecule has 0 unspecified atom stereocenters. The van der Waals surface area contributed by atoms with Crippen LogP contribution in [-0.4, -0.2) is 29.4 Å². The average molecular weight is 241 g/mol. The maximum Gasteiger partial charge on any atom is 0.322 e. The first kappa shape index (κ1) is 13.5. The van der Waals surface area contributed by atoms with Crippen LogP contribution in [0.2, 0.25) is 0 Å². The molecule has 6 heteroatoms. The molecule has 1 fully saturated rings. The molecule has 4 amide bonds. The van der Waals surface area contributed by atoms with Gasteiger partial charge in [0, 0.05) is 6.92 Å². The zero-order chi connectivity index (χ0) is 13.2. The molecule has 1 saturated heterocycles. The highest BCUT2D eigenvalue weighted by Crippen LogP contribution is 2.21. The van der Waals surface area contributed by atoms with Gasteiger partial charge in [0.2, 0.25) is 5.91 Å². The van der Waals surface area contributed by atoms with Crippen molar-refractivity contribution in [2.75, 3.05) is 0 Å². The van der Waals surface area contributed by atoms with Crippen molar-refractivity contribution in [3.63, 3.8) is 0 Å². The summed E-state index contributed by atoms with van der Waals surface area (Å²) in [5.41, 5.74) is -1.08. The van der Waals surface area contributed by atoms with E-state index in [-0.39, 0.29) is 5.91 Å². The summed E-state index contributed by atoms with van der Waals surface area (Å²) in [6.45, 7) is 7.00. The first-order valence-electron chi connectivity index (χ1n) is 5.66. The minimum Gasteiger partial charge on any atom is -0.351 e. The Labute approximate surface area is 101 Å². The highest BCUT2D eigenvalue weighted by molar-refractivity contribution is 6.07. The number of amides is 4. The molecule has 0 radical (unpaired) electrons. The molecular weight excluding hydrogens is 222 g/mol. The lowest BCUT2D eigenvalue weighted by Gasteiger charge is -2.32. The zero-order valence-electron chi connectivity index (χ0n) is 10.6. The van der Waals surface area contributed by atoms with Gasteiger partial charge in [0.05, 0.1) is 6.04 Å². The van der Waals surface area contributed by atoms with Gasteiger partial charge in [-0.05, 0) is 19.3 Å². The Bertz CT molecular complexity index is 354. The lowest BCUT2D eigenvalue weighted by atomic mass is 9.86. The Kier molecular flexibility index (Phi) is 3.75. The molecule has 17 heavy (non-hydrogen) atoms. The van der Waals surface area contributed by atoms with Crippen LogP contribution in [0, 0.1) is 5.92 Å². The second-order valence-electron chi connectivity index (χ2n) is 4.99. The molecule has 0 saturated carbocycles. The summed E-state index contributed by atoms with van der Waals surface area (Å²) in [5, 5.41) is 7.50. The van der Waals surface area contributed by atoms with Gasteiger partial charge < -0.3 is 10.6 Å². The normalized spacial score (nSPS) is 25.5. The fourth-order valence-corrected chi connectivity index (χ4v) is 1.96. The minimum atomic E-state index is -1.08. The van der Waals surface area contributed by atoms with Crippen LogP contribution >= 0.6 is 0 Å². The third-order valence-corrected chi connectivity index (χ3v) is 2.85. The highest BCUT2D eigenvalue weighted by atomic mass is 16.2. The number of rotatable bonds is 4. The van der Waals surface area contributed by atoms with E-state index in [1.54, 1.807) is 6.92 Å². The second-order valence-corrected chi connectivity index (χ2v) is 4.99. The Morgan fingerprint density at radius 3 is 2.35 bits per heavy atom. The smallest absolute Gasteiger partial charge is 0.322 e. The molecule has 0 spiro atoms. The molecule has 1 rings (SSSR count). The van der Waals surface area contributed by atoms with Gasteiger partial charge >= 0.3 is 6.03 Å². The van der Waals surface area contributed by atoms with E-state index < -0.39 is 23.5 Å². The van der Waals surface area contributed by atoms with Crippen molar-refractivity contribution in [2.24, 2.45) is 5.92 Å². The first-order valence-corrected chi connectivity index (χ1v) is 5.66. The summed E-state index contributed by atoms with van der Waals surface area (Å²) in [6.07, 6.45) is 0.615. The minimum absolute atomic E-state index is 0.217. The van der Waals surface area contributed by atoms with Crippen LogP contribution in [0.1, 0.15) is 34.1 Å². The van der Waals surface area contributed by atoms with Crippen molar-refractivity contribution in [2.45, 2.75) is 45.7 Å². The fourth-order valence-electron chi connectivity index (χ4n) is 1.96. The predicted octanol–water partition coefficient (Wildman–Crippen LogP) is 0.135. The molecule has 96 valence electrons. The van der Waals surface area contributed by atoms with Crippen molar-refractivity contribution >= 4 is 17.8 Å². The molecule has 0 bridgehead atoms. The third kappa shape index (κ3) is 2.95. The number of hydrogen-bond donors (Lipinski definition) is 3. The van der Waals surface area contributed by atoms with E-state index >= 15 is 0 Å². The zero-order valence-corrected chi connectivity index (χ0v) is 10.6. The van der Waals surface area contributed by atoms with Crippen LogP contribution in [0.15, 0.2) is 0 Å². The van der Waals surface area contributed by atoms with Gasteiger partial charge in [0.25, 0.3) is 5.91 Å². The number of imide groups is 1. The van der Waals surface area contributed by atoms with E-state index in [1.165, 1.54) is 6.92 Å². The molecule has 0 aromatic heterocycles. The molecular formula is C11H19N3O3. The van der Waals surface area contributed by atoms with Crippen LogP contribution in [0.25, 0.3) is 0 Å². The number of carbonyl (C=O) groups is 3. The second kappa shape index (κ2) is 4.73. The maximum absolute atomic E-state index is 11.8. The summed E-state index contributed by atoms with van der Waals surface area (Å²) >= 11 is 0. The summed E-state index contributed by atoms with van der Waals surface area (Å²) in [4.78, 5) is 34.1. The SMILES string of the molecule is CC(=O)N[C@H](CC(C)C)[C@@]1(C)NC(=O)NC1=O. The quantitative estimate of drug-likeness (QED) is 0.612. The Morgan fingerprint density at radius 1 is 1.41 bits per heavy atom. The van der Waals surface area contributed by atoms with Crippen LogP contribution < -0.4 is 16.0 Å². The largest absolute Gasteiger partial charge is 0.351 e. The van der Waals surface area contributed by atoms with Crippen LogP contribution in [-0.2, 0) is 9.59 Å². The van der Waals surface area contributed by atoms with E-state index in [1.807, 2.05) is 13.8 Å². The van der Waals surface area contributed by atoms with Crippen LogP contribution in [0.5, 0.6) is 0 Å². The number of hydrogen-bond acceptors (Lipinski definition) is 3. The molecule has 1 aliphatic rings. The van der Waals surface area contributed by atoms with E-state index in [9.17, 15) is 14.4 Å². The topological polar surface area (TPSA) is 87.3 Å².